The number of likely N-dealkylation sites (N-methyl/N-ethyl adjacent to an activating group) is 1. The summed E-state index contributed by atoms with van der Waals surface area (Å²) >= 11 is 0. The molecule has 6 heteroatoms. The molecule has 0 bridgehead atoms. The Morgan fingerprint density at radius 1 is 1.08 bits per heavy atom. The molecule has 2 aliphatic heterocycles. The van der Waals surface area contributed by atoms with Gasteiger partial charge in [0, 0.05) is 64.1 Å². The number of urea groups is 1. The van der Waals surface area contributed by atoms with Crippen LogP contribution in [-0.4, -0.2) is 79.5 Å². The summed E-state index contributed by atoms with van der Waals surface area (Å²) in [6.07, 6.45) is 1.73. The van der Waals surface area contributed by atoms with Crippen LogP contribution in [-0.2, 0) is 0 Å². The number of carbonyl (C=O) groups is 2. The summed E-state index contributed by atoms with van der Waals surface area (Å²) in [6, 6.07) is 8.17. The summed E-state index contributed by atoms with van der Waals surface area (Å²) in [5, 5.41) is 0. The van der Waals surface area contributed by atoms with E-state index in [1.807, 2.05) is 64.9 Å². The summed E-state index contributed by atoms with van der Waals surface area (Å²) in [5.41, 5.74) is 1.82. The molecule has 0 radical (unpaired) electrons. The van der Waals surface area contributed by atoms with E-state index in [4.69, 9.17) is 0 Å². The molecule has 0 saturated carbocycles. The van der Waals surface area contributed by atoms with Crippen LogP contribution in [0.4, 0.5) is 10.5 Å². The van der Waals surface area contributed by atoms with E-state index < -0.39 is 0 Å². The van der Waals surface area contributed by atoms with E-state index in [0.717, 1.165) is 56.8 Å². The summed E-state index contributed by atoms with van der Waals surface area (Å²) in [6.45, 7) is 5.87. The molecule has 1 aromatic carbocycles. The average molecular weight is 344 g/mol. The molecule has 25 heavy (non-hydrogen) atoms. The largest absolute Gasteiger partial charge is 0.378 e. The van der Waals surface area contributed by atoms with Gasteiger partial charge in [-0.1, -0.05) is 0 Å². The number of anilines is 1. The van der Waals surface area contributed by atoms with Gasteiger partial charge >= 0.3 is 6.03 Å². The maximum atomic E-state index is 12.7. The molecule has 1 aromatic rings. The second kappa shape index (κ2) is 7.33. The molecule has 2 saturated heterocycles. The third kappa shape index (κ3) is 3.57. The highest BCUT2D eigenvalue weighted by Crippen LogP contribution is 2.23. The number of hydrogen-bond acceptors (Lipinski definition) is 3. The van der Waals surface area contributed by atoms with E-state index in [1.54, 1.807) is 0 Å². The van der Waals surface area contributed by atoms with Gasteiger partial charge in [-0.3, -0.25) is 4.79 Å². The fourth-order valence-electron chi connectivity index (χ4n) is 3.70. The standard InChI is InChI=1S/C19H28N4O2/c1-4-21-13-14-23(19(21)25)17-9-11-22(12-10-17)18(24)15-5-7-16(8-6-15)20(2)3/h5-8,17H,4,9-14H2,1-3H3. The van der Waals surface area contributed by atoms with E-state index in [-0.39, 0.29) is 18.0 Å². The van der Waals surface area contributed by atoms with Crippen LogP contribution < -0.4 is 4.90 Å². The van der Waals surface area contributed by atoms with E-state index in [1.165, 1.54) is 0 Å². The lowest BCUT2D eigenvalue weighted by Crippen LogP contribution is -2.48. The SMILES string of the molecule is CCN1CCN(C2CCN(C(=O)c3ccc(N(C)C)cc3)CC2)C1=O. The zero-order valence-electron chi connectivity index (χ0n) is 15.4. The van der Waals surface area contributed by atoms with Gasteiger partial charge in [0.2, 0.25) is 0 Å². The molecule has 2 aliphatic rings. The molecule has 0 N–H and O–H groups in total. The van der Waals surface area contributed by atoms with Gasteiger partial charge in [-0.05, 0) is 44.0 Å². The van der Waals surface area contributed by atoms with Gasteiger partial charge in [0.15, 0.2) is 0 Å². The van der Waals surface area contributed by atoms with Crippen molar-refractivity contribution in [3.05, 3.63) is 29.8 Å². The van der Waals surface area contributed by atoms with Crippen molar-refractivity contribution in [1.29, 1.82) is 0 Å². The van der Waals surface area contributed by atoms with Gasteiger partial charge in [0.25, 0.3) is 5.91 Å². The molecule has 0 atom stereocenters. The van der Waals surface area contributed by atoms with Gasteiger partial charge in [0.1, 0.15) is 0 Å². The molecule has 0 aromatic heterocycles. The normalized spacial score (nSPS) is 18.8. The van der Waals surface area contributed by atoms with Crippen molar-refractivity contribution in [3.63, 3.8) is 0 Å². The molecule has 6 nitrogen and oxygen atoms in total. The maximum Gasteiger partial charge on any atom is 0.320 e. The van der Waals surface area contributed by atoms with Crippen molar-refractivity contribution in [2.75, 3.05) is 51.7 Å². The van der Waals surface area contributed by atoms with E-state index >= 15 is 0 Å². The Hall–Kier alpha value is -2.24. The Morgan fingerprint density at radius 3 is 2.24 bits per heavy atom. The third-order valence-electron chi connectivity index (χ3n) is 5.33. The smallest absolute Gasteiger partial charge is 0.320 e. The van der Waals surface area contributed by atoms with E-state index in [2.05, 4.69) is 0 Å². The number of nitrogens with zero attached hydrogens (tertiary/aromatic N) is 4. The van der Waals surface area contributed by atoms with Crippen LogP contribution in [0.1, 0.15) is 30.1 Å². The van der Waals surface area contributed by atoms with Gasteiger partial charge < -0.3 is 19.6 Å². The Labute approximate surface area is 150 Å². The van der Waals surface area contributed by atoms with Crippen LogP contribution in [0.5, 0.6) is 0 Å². The van der Waals surface area contributed by atoms with Crippen LogP contribution in [0.15, 0.2) is 24.3 Å². The first-order valence-corrected chi connectivity index (χ1v) is 9.13. The molecule has 2 fully saturated rings. The molecule has 0 aliphatic carbocycles. The maximum absolute atomic E-state index is 12.7. The van der Waals surface area contributed by atoms with E-state index in [0.29, 0.717) is 0 Å². The average Bonchev–Trinajstić information content (AvgIpc) is 3.02. The topological polar surface area (TPSA) is 47.1 Å². The Balaban J connectivity index is 1.57. The fraction of sp³-hybridized carbons (Fsp3) is 0.579. The highest BCUT2D eigenvalue weighted by atomic mass is 16.2. The van der Waals surface area contributed by atoms with Crippen molar-refractivity contribution < 1.29 is 9.59 Å². The van der Waals surface area contributed by atoms with Crippen molar-refractivity contribution >= 4 is 17.6 Å². The first-order chi connectivity index (χ1) is 12.0. The highest BCUT2D eigenvalue weighted by Gasteiger charge is 2.35. The Kier molecular flexibility index (Phi) is 5.16. The lowest BCUT2D eigenvalue weighted by atomic mass is 10.0. The number of rotatable bonds is 4. The number of benzene rings is 1. The van der Waals surface area contributed by atoms with Gasteiger partial charge in [-0.2, -0.15) is 0 Å². The molecular weight excluding hydrogens is 316 g/mol. The van der Waals surface area contributed by atoms with Crippen LogP contribution in [0, 0.1) is 0 Å². The number of hydrogen-bond donors (Lipinski definition) is 0. The number of likely N-dealkylation sites (tertiary alicyclic amines) is 1. The monoisotopic (exact) mass is 344 g/mol. The fourth-order valence-corrected chi connectivity index (χ4v) is 3.70. The zero-order valence-corrected chi connectivity index (χ0v) is 15.4. The lowest BCUT2D eigenvalue weighted by Gasteiger charge is -2.36. The van der Waals surface area contributed by atoms with Crippen molar-refractivity contribution in [2.45, 2.75) is 25.8 Å². The minimum atomic E-state index is 0.0895. The molecule has 3 amide bonds. The van der Waals surface area contributed by atoms with Crippen LogP contribution >= 0.6 is 0 Å². The zero-order chi connectivity index (χ0) is 18.0. The minimum Gasteiger partial charge on any atom is -0.378 e. The van der Waals surface area contributed by atoms with Crippen LogP contribution in [0.2, 0.25) is 0 Å². The molecule has 3 rings (SSSR count). The third-order valence-corrected chi connectivity index (χ3v) is 5.33. The van der Waals surface area contributed by atoms with Gasteiger partial charge in [0.05, 0.1) is 0 Å². The quantitative estimate of drug-likeness (QED) is 0.840. The molecule has 136 valence electrons. The first kappa shape index (κ1) is 17.6. The second-order valence-corrected chi connectivity index (χ2v) is 7.02. The Morgan fingerprint density at radius 2 is 1.72 bits per heavy atom. The summed E-state index contributed by atoms with van der Waals surface area (Å²) < 4.78 is 0. The molecule has 0 spiro atoms. The summed E-state index contributed by atoms with van der Waals surface area (Å²) in [7, 11) is 3.97. The minimum absolute atomic E-state index is 0.0895. The van der Waals surface area contributed by atoms with Crippen LogP contribution in [0.3, 0.4) is 0 Å². The summed E-state index contributed by atoms with van der Waals surface area (Å²) in [5.74, 6) is 0.0895. The molecular formula is C19H28N4O2. The number of amides is 3. The highest BCUT2D eigenvalue weighted by molar-refractivity contribution is 5.94. The van der Waals surface area contributed by atoms with E-state index in [9.17, 15) is 9.59 Å². The van der Waals surface area contributed by atoms with Crippen molar-refractivity contribution in [2.24, 2.45) is 0 Å². The Bertz CT molecular complexity index is 621. The molecule has 0 unspecified atom stereocenters. The first-order valence-electron chi connectivity index (χ1n) is 9.13. The predicted molar refractivity (Wildman–Crippen MR) is 99.0 cm³/mol. The van der Waals surface area contributed by atoms with Crippen molar-refractivity contribution in [1.82, 2.24) is 14.7 Å². The second-order valence-electron chi connectivity index (χ2n) is 7.02. The lowest BCUT2D eigenvalue weighted by molar-refractivity contribution is 0.0663. The molecule has 2 heterocycles. The van der Waals surface area contributed by atoms with Crippen LogP contribution in [0.25, 0.3) is 0 Å². The summed E-state index contributed by atoms with van der Waals surface area (Å²) in [4.78, 5) is 32.8. The predicted octanol–water partition coefficient (Wildman–Crippen LogP) is 2.11. The number of piperidine rings is 1. The van der Waals surface area contributed by atoms with Gasteiger partial charge in [-0.15, -0.1) is 0 Å². The van der Waals surface area contributed by atoms with Crippen molar-refractivity contribution in [3.8, 4) is 0 Å². The van der Waals surface area contributed by atoms with Gasteiger partial charge in [-0.25, -0.2) is 4.79 Å². The number of carbonyl (C=O) groups excluding carboxylic acids is 2.